The lowest BCUT2D eigenvalue weighted by Crippen LogP contribution is -2.09. The first-order chi connectivity index (χ1) is 28.3. The van der Waals surface area contributed by atoms with Crippen LogP contribution < -0.4 is 4.90 Å². The Kier molecular flexibility index (Phi) is 7.13. The van der Waals surface area contributed by atoms with Gasteiger partial charge >= 0.3 is 0 Å². The molecule has 0 aliphatic rings. The van der Waals surface area contributed by atoms with Gasteiger partial charge in [-0.25, -0.2) is 0 Å². The Morgan fingerprint density at radius 2 is 0.807 bits per heavy atom. The van der Waals surface area contributed by atoms with Crippen molar-refractivity contribution in [2.45, 2.75) is 0 Å². The van der Waals surface area contributed by atoms with Crippen molar-refractivity contribution < 1.29 is 0 Å². The van der Waals surface area contributed by atoms with Crippen molar-refractivity contribution >= 4 is 103 Å². The van der Waals surface area contributed by atoms with Crippen LogP contribution in [0.4, 0.5) is 17.1 Å². The maximum absolute atomic E-state index is 2.42. The highest BCUT2D eigenvalue weighted by Crippen LogP contribution is 2.44. The molecule has 2 aromatic heterocycles. The van der Waals surface area contributed by atoms with Crippen molar-refractivity contribution in [3.8, 4) is 16.8 Å². The van der Waals surface area contributed by atoms with Crippen LogP contribution in [-0.2, 0) is 0 Å². The van der Waals surface area contributed by atoms with Crippen LogP contribution >= 0.6 is 11.3 Å². The smallest absolute Gasteiger partial charge is 0.0541 e. The normalized spacial score (nSPS) is 11.9. The zero-order valence-corrected chi connectivity index (χ0v) is 31.7. The summed E-state index contributed by atoms with van der Waals surface area (Å²) < 4.78 is 4.97. The molecule has 0 radical (unpaired) electrons. The molecule has 266 valence electrons. The summed E-state index contributed by atoms with van der Waals surface area (Å²) in [7, 11) is 0. The Bertz CT molecular complexity index is 3490. The van der Waals surface area contributed by atoms with Gasteiger partial charge < -0.3 is 9.47 Å². The maximum Gasteiger partial charge on any atom is 0.0541 e. The molecule has 2 nitrogen and oxygen atoms in total. The SMILES string of the molecule is c1ccc(-n2c3ccccc3c3cc(-c4ccc(N(c5ccc6c(c5)sc5ccccc56)c5ccc6c7ccccc7c7ccccc7c6c5)cc4)ccc32)cc1. The summed E-state index contributed by atoms with van der Waals surface area (Å²) in [5.74, 6) is 0. The summed E-state index contributed by atoms with van der Waals surface area (Å²) in [6, 6.07) is 75.8. The summed E-state index contributed by atoms with van der Waals surface area (Å²) >= 11 is 1.86. The number of hydrogen-bond donors (Lipinski definition) is 0. The van der Waals surface area contributed by atoms with Gasteiger partial charge in [0.15, 0.2) is 0 Å². The molecule has 0 amide bonds. The second-order valence-corrected chi connectivity index (χ2v) is 16.0. The van der Waals surface area contributed by atoms with Crippen LogP contribution in [0.1, 0.15) is 0 Å². The Labute approximate surface area is 333 Å². The lowest BCUT2D eigenvalue weighted by molar-refractivity contribution is 1.18. The van der Waals surface area contributed by atoms with Gasteiger partial charge in [0.05, 0.1) is 11.0 Å². The molecule has 10 aromatic carbocycles. The van der Waals surface area contributed by atoms with Gasteiger partial charge in [0.2, 0.25) is 0 Å². The van der Waals surface area contributed by atoms with E-state index in [1.54, 1.807) is 0 Å². The molecule has 0 saturated carbocycles. The fraction of sp³-hybridized carbons (Fsp3) is 0. The van der Waals surface area contributed by atoms with Gasteiger partial charge in [-0.1, -0.05) is 133 Å². The second-order valence-electron chi connectivity index (χ2n) is 14.9. The molecule has 0 aliphatic heterocycles. The molecule has 0 saturated heterocycles. The van der Waals surface area contributed by atoms with Crippen molar-refractivity contribution in [2.24, 2.45) is 0 Å². The number of hydrogen-bond acceptors (Lipinski definition) is 2. The zero-order valence-electron chi connectivity index (χ0n) is 30.9. The van der Waals surface area contributed by atoms with Gasteiger partial charge in [0.25, 0.3) is 0 Å². The number of para-hydroxylation sites is 2. The number of anilines is 3. The minimum atomic E-state index is 1.12. The van der Waals surface area contributed by atoms with E-state index in [0.29, 0.717) is 0 Å². The molecule has 0 unspecified atom stereocenters. The van der Waals surface area contributed by atoms with Crippen LogP contribution in [0.3, 0.4) is 0 Å². The van der Waals surface area contributed by atoms with Crippen molar-refractivity contribution in [2.75, 3.05) is 4.90 Å². The molecule has 0 fully saturated rings. The largest absolute Gasteiger partial charge is 0.310 e. The first-order valence-corrected chi connectivity index (χ1v) is 20.3. The highest BCUT2D eigenvalue weighted by Gasteiger charge is 2.18. The van der Waals surface area contributed by atoms with Crippen molar-refractivity contribution in [1.82, 2.24) is 4.57 Å². The van der Waals surface area contributed by atoms with Gasteiger partial charge in [-0.2, -0.15) is 0 Å². The van der Waals surface area contributed by atoms with E-state index in [2.05, 4.69) is 216 Å². The molecule has 12 aromatic rings. The molecular weight excluding hydrogens is 709 g/mol. The minimum absolute atomic E-state index is 1.12. The number of rotatable bonds is 5. The standard InChI is InChI=1S/C54H34N2S/c1-2-12-37(13-3-1)56-51-20-10-8-18-46(51)50-32-36(24-31-52(50)56)35-22-25-38(26-23-35)55(40-28-30-48-47-19-9-11-21-53(47)57-54(48)34-40)39-27-29-45-43-16-5-4-14-41(43)42-15-6-7-17-44(42)49(45)33-39/h1-34H. The van der Waals surface area contributed by atoms with Gasteiger partial charge in [0.1, 0.15) is 0 Å². The Balaban J connectivity index is 1.02. The van der Waals surface area contributed by atoms with Gasteiger partial charge in [0, 0.05) is 53.7 Å². The average Bonchev–Trinajstić information content (AvgIpc) is 3.82. The van der Waals surface area contributed by atoms with Crippen LogP contribution in [0.25, 0.3) is 91.1 Å². The summed E-state index contributed by atoms with van der Waals surface area (Å²) in [4.78, 5) is 2.42. The van der Waals surface area contributed by atoms with Crippen LogP contribution in [0.2, 0.25) is 0 Å². The van der Waals surface area contributed by atoms with E-state index < -0.39 is 0 Å². The van der Waals surface area contributed by atoms with E-state index in [9.17, 15) is 0 Å². The molecule has 0 aliphatic carbocycles. The minimum Gasteiger partial charge on any atom is -0.310 e. The number of thiophene rings is 1. The first kappa shape index (κ1) is 32.1. The van der Waals surface area contributed by atoms with E-state index in [0.717, 1.165) is 17.1 Å². The molecule has 0 atom stereocenters. The van der Waals surface area contributed by atoms with Gasteiger partial charge in [-0.15, -0.1) is 11.3 Å². The monoisotopic (exact) mass is 742 g/mol. The quantitative estimate of drug-likeness (QED) is 0.159. The fourth-order valence-electron chi connectivity index (χ4n) is 9.15. The van der Waals surface area contributed by atoms with Crippen LogP contribution in [0, 0.1) is 0 Å². The number of nitrogens with zero attached hydrogens (tertiary/aromatic N) is 2. The molecule has 0 N–H and O–H groups in total. The third-order valence-electron chi connectivity index (χ3n) is 11.8. The van der Waals surface area contributed by atoms with Crippen molar-refractivity contribution in [1.29, 1.82) is 0 Å². The predicted molar refractivity (Wildman–Crippen MR) is 246 cm³/mol. The van der Waals surface area contributed by atoms with E-state index >= 15 is 0 Å². The van der Waals surface area contributed by atoms with Crippen LogP contribution in [-0.4, -0.2) is 4.57 Å². The third kappa shape index (κ3) is 5.03. The molecule has 0 spiro atoms. The second kappa shape index (κ2) is 12.7. The molecule has 0 bridgehead atoms. The highest BCUT2D eigenvalue weighted by atomic mass is 32.1. The number of benzene rings is 10. The number of fused-ring (bicyclic) bond motifs is 12. The molecular formula is C54H34N2S. The van der Waals surface area contributed by atoms with Crippen molar-refractivity contribution in [3.05, 3.63) is 206 Å². The number of aromatic nitrogens is 1. The average molecular weight is 743 g/mol. The van der Waals surface area contributed by atoms with E-state index in [1.807, 2.05) is 11.3 Å². The summed E-state index contributed by atoms with van der Waals surface area (Å²) in [6.45, 7) is 0. The highest BCUT2D eigenvalue weighted by molar-refractivity contribution is 7.25. The Hall–Kier alpha value is -7.20. The fourth-order valence-corrected chi connectivity index (χ4v) is 10.3. The summed E-state index contributed by atoms with van der Waals surface area (Å²) in [5.41, 5.74) is 9.37. The lowest BCUT2D eigenvalue weighted by Gasteiger charge is -2.26. The molecule has 2 heterocycles. The topological polar surface area (TPSA) is 8.17 Å². The molecule has 12 rings (SSSR count). The summed E-state index contributed by atoms with van der Waals surface area (Å²) in [6.07, 6.45) is 0. The third-order valence-corrected chi connectivity index (χ3v) is 12.9. The lowest BCUT2D eigenvalue weighted by atomic mass is 9.94. The van der Waals surface area contributed by atoms with Gasteiger partial charge in [-0.05, 0) is 116 Å². The van der Waals surface area contributed by atoms with E-state index in [4.69, 9.17) is 0 Å². The van der Waals surface area contributed by atoms with E-state index in [1.165, 1.54) is 91.1 Å². The van der Waals surface area contributed by atoms with Crippen LogP contribution in [0.15, 0.2) is 206 Å². The first-order valence-electron chi connectivity index (χ1n) is 19.5. The molecule has 57 heavy (non-hydrogen) atoms. The zero-order chi connectivity index (χ0) is 37.5. The molecule has 3 heteroatoms. The van der Waals surface area contributed by atoms with Crippen LogP contribution in [0.5, 0.6) is 0 Å². The Morgan fingerprint density at radius 1 is 0.298 bits per heavy atom. The van der Waals surface area contributed by atoms with Gasteiger partial charge in [-0.3, -0.25) is 0 Å². The summed E-state index contributed by atoms with van der Waals surface area (Å²) in [5, 5.41) is 12.8. The van der Waals surface area contributed by atoms with E-state index in [-0.39, 0.29) is 0 Å². The van der Waals surface area contributed by atoms with Crippen molar-refractivity contribution in [3.63, 3.8) is 0 Å². The maximum atomic E-state index is 2.42. The Morgan fingerprint density at radius 3 is 1.54 bits per heavy atom. The predicted octanol–water partition coefficient (Wildman–Crippen LogP) is 15.7.